The van der Waals surface area contributed by atoms with E-state index >= 15 is 0 Å². The van der Waals surface area contributed by atoms with E-state index in [9.17, 15) is 4.79 Å². The first-order valence-corrected chi connectivity index (χ1v) is 7.12. The molecule has 1 atom stereocenters. The Kier molecular flexibility index (Phi) is 6.68. The molecule has 0 spiro atoms. The van der Waals surface area contributed by atoms with Gasteiger partial charge in [-0.2, -0.15) is 0 Å². The quantitative estimate of drug-likeness (QED) is 0.841. The smallest absolute Gasteiger partial charge is 0.220 e. The maximum Gasteiger partial charge on any atom is 0.220 e. The molecule has 18 heavy (non-hydrogen) atoms. The fourth-order valence-corrected chi connectivity index (χ4v) is 2.15. The van der Waals surface area contributed by atoms with E-state index in [2.05, 4.69) is 21.2 Å². The molecule has 1 aromatic rings. The number of rotatable bonds is 6. The Morgan fingerprint density at radius 1 is 1.56 bits per heavy atom. The molecule has 0 bridgehead atoms. The van der Waals surface area contributed by atoms with Gasteiger partial charge in [0.15, 0.2) is 0 Å². The zero-order valence-electron chi connectivity index (χ0n) is 10.4. The van der Waals surface area contributed by atoms with Crippen molar-refractivity contribution in [1.82, 2.24) is 5.32 Å². The zero-order chi connectivity index (χ0) is 13.5. The Morgan fingerprint density at radius 2 is 2.28 bits per heavy atom. The highest BCUT2D eigenvalue weighted by atomic mass is 79.9. The molecule has 0 radical (unpaired) electrons. The molecule has 1 aromatic carbocycles. The van der Waals surface area contributed by atoms with Crippen LogP contribution in [0.1, 0.15) is 25.3 Å². The van der Waals surface area contributed by atoms with E-state index in [-0.39, 0.29) is 11.9 Å². The summed E-state index contributed by atoms with van der Waals surface area (Å²) >= 11 is 9.36. The molecule has 0 heterocycles. The van der Waals surface area contributed by atoms with Gasteiger partial charge in [-0.15, -0.1) is 0 Å². The molecule has 0 aromatic heterocycles. The van der Waals surface area contributed by atoms with Crippen LogP contribution in [0.3, 0.4) is 0 Å². The molecular formula is C13H18BrClN2O. The van der Waals surface area contributed by atoms with E-state index in [4.69, 9.17) is 17.3 Å². The Bertz CT molecular complexity index is 410. The fraction of sp³-hybridized carbons (Fsp3) is 0.462. The van der Waals surface area contributed by atoms with E-state index in [0.29, 0.717) is 24.4 Å². The van der Waals surface area contributed by atoms with Gasteiger partial charge in [-0.3, -0.25) is 4.79 Å². The predicted octanol–water partition coefficient (Wildman–Crippen LogP) is 2.89. The fourth-order valence-electron chi connectivity index (χ4n) is 1.51. The first kappa shape index (κ1) is 15.5. The zero-order valence-corrected chi connectivity index (χ0v) is 12.7. The number of hydrogen-bond acceptors (Lipinski definition) is 2. The largest absolute Gasteiger partial charge is 0.356 e. The van der Waals surface area contributed by atoms with Crippen molar-refractivity contribution in [1.29, 1.82) is 0 Å². The number of benzene rings is 1. The average Bonchev–Trinajstić information content (AvgIpc) is 2.30. The number of carbonyl (C=O) groups is 1. The van der Waals surface area contributed by atoms with Gasteiger partial charge in [-0.05, 0) is 43.5 Å². The van der Waals surface area contributed by atoms with Gasteiger partial charge in [-0.1, -0.05) is 27.5 Å². The summed E-state index contributed by atoms with van der Waals surface area (Å²) in [4.78, 5) is 11.6. The summed E-state index contributed by atoms with van der Waals surface area (Å²) in [6.07, 6.45) is 1.93. The SMILES string of the molecule is CC(N)CCNC(=O)CCc1cc(Cl)ccc1Br. The lowest BCUT2D eigenvalue weighted by Crippen LogP contribution is -2.29. The van der Waals surface area contributed by atoms with Gasteiger partial charge in [0.2, 0.25) is 5.91 Å². The standard InChI is InChI=1S/C13H18BrClN2O/c1-9(16)6-7-17-13(18)5-2-10-8-11(15)3-4-12(10)14/h3-4,8-9H,2,5-7,16H2,1H3,(H,17,18). The molecule has 3 N–H and O–H groups in total. The van der Waals surface area contributed by atoms with Crippen molar-refractivity contribution in [3.63, 3.8) is 0 Å². The number of nitrogens with two attached hydrogens (primary N) is 1. The van der Waals surface area contributed by atoms with Gasteiger partial charge in [0.05, 0.1) is 0 Å². The van der Waals surface area contributed by atoms with Crippen LogP contribution in [0.25, 0.3) is 0 Å². The summed E-state index contributed by atoms with van der Waals surface area (Å²) in [5.74, 6) is 0.0440. The van der Waals surface area contributed by atoms with Crippen molar-refractivity contribution in [2.45, 2.75) is 32.2 Å². The van der Waals surface area contributed by atoms with Crippen molar-refractivity contribution in [2.24, 2.45) is 5.73 Å². The van der Waals surface area contributed by atoms with Crippen LogP contribution in [0.15, 0.2) is 22.7 Å². The Balaban J connectivity index is 2.36. The van der Waals surface area contributed by atoms with Crippen LogP contribution in [-0.4, -0.2) is 18.5 Å². The molecule has 1 amide bonds. The van der Waals surface area contributed by atoms with Gasteiger partial charge in [0, 0.05) is 28.5 Å². The van der Waals surface area contributed by atoms with Crippen molar-refractivity contribution in [2.75, 3.05) is 6.54 Å². The minimum absolute atomic E-state index is 0.0440. The molecule has 0 saturated carbocycles. The number of hydrogen-bond donors (Lipinski definition) is 2. The molecule has 0 fully saturated rings. The lowest BCUT2D eigenvalue weighted by molar-refractivity contribution is -0.121. The second-order valence-corrected chi connectivity index (χ2v) is 5.64. The molecule has 5 heteroatoms. The monoisotopic (exact) mass is 332 g/mol. The van der Waals surface area contributed by atoms with E-state index in [1.807, 2.05) is 25.1 Å². The Hall–Kier alpha value is -0.580. The van der Waals surface area contributed by atoms with Crippen LogP contribution in [0, 0.1) is 0 Å². The number of aryl methyl sites for hydroxylation is 1. The van der Waals surface area contributed by atoms with E-state index in [1.165, 1.54) is 0 Å². The van der Waals surface area contributed by atoms with Crippen LogP contribution < -0.4 is 11.1 Å². The molecular weight excluding hydrogens is 316 g/mol. The summed E-state index contributed by atoms with van der Waals surface area (Å²) in [7, 11) is 0. The molecule has 0 aliphatic carbocycles. The average molecular weight is 334 g/mol. The molecule has 1 unspecified atom stereocenters. The second kappa shape index (κ2) is 7.77. The molecule has 0 saturated heterocycles. The van der Waals surface area contributed by atoms with Crippen LogP contribution >= 0.6 is 27.5 Å². The minimum Gasteiger partial charge on any atom is -0.356 e. The van der Waals surface area contributed by atoms with Crippen molar-refractivity contribution >= 4 is 33.4 Å². The van der Waals surface area contributed by atoms with E-state index in [1.54, 1.807) is 0 Å². The number of nitrogens with one attached hydrogen (secondary N) is 1. The van der Waals surface area contributed by atoms with Gasteiger partial charge < -0.3 is 11.1 Å². The lowest BCUT2D eigenvalue weighted by atomic mass is 10.1. The van der Waals surface area contributed by atoms with E-state index < -0.39 is 0 Å². The van der Waals surface area contributed by atoms with Crippen LogP contribution in [-0.2, 0) is 11.2 Å². The van der Waals surface area contributed by atoms with Gasteiger partial charge >= 0.3 is 0 Å². The lowest BCUT2D eigenvalue weighted by Gasteiger charge is -2.08. The van der Waals surface area contributed by atoms with Crippen LogP contribution in [0.4, 0.5) is 0 Å². The highest BCUT2D eigenvalue weighted by Gasteiger charge is 2.05. The van der Waals surface area contributed by atoms with Crippen molar-refractivity contribution in [3.8, 4) is 0 Å². The third-order valence-electron chi connectivity index (χ3n) is 2.55. The molecule has 0 aliphatic rings. The van der Waals surface area contributed by atoms with Crippen LogP contribution in [0.5, 0.6) is 0 Å². The van der Waals surface area contributed by atoms with E-state index in [0.717, 1.165) is 16.5 Å². The minimum atomic E-state index is 0.0440. The summed E-state index contributed by atoms with van der Waals surface area (Å²) in [6.45, 7) is 2.56. The predicted molar refractivity (Wildman–Crippen MR) is 78.7 cm³/mol. The summed E-state index contributed by atoms with van der Waals surface area (Å²) in [6, 6.07) is 5.71. The Morgan fingerprint density at radius 3 is 2.94 bits per heavy atom. The highest BCUT2D eigenvalue weighted by molar-refractivity contribution is 9.10. The van der Waals surface area contributed by atoms with Crippen molar-refractivity contribution < 1.29 is 4.79 Å². The van der Waals surface area contributed by atoms with Gasteiger partial charge in [0.25, 0.3) is 0 Å². The third kappa shape index (κ3) is 5.85. The van der Waals surface area contributed by atoms with Gasteiger partial charge in [-0.25, -0.2) is 0 Å². The highest BCUT2D eigenvalue weighted by Crippen LogP contribution is 2.22. The number of carbonyl (C=O) groups excluding carboxylic acids is 1. The topological polar surface area (TPSA) is 55.1 Å². The second-order valence-electron chi connectivity index (χ2n) is 4.35. The van der Waals surface area contributed by atoms with Gasteiger partial charge in [0.1, 0.15) is 0 Å². The summed E-state index contributed by atoms with van der Waals surface area (Å²) in [5.41, 5.74) is 6.65. The first-order valence-electron chi connectivity index (χ1n) is 5.95. The Labute approximate surface area is 121 Å². The molecule has 1 rings (SSSR count). The molecule has 0 aliphatic heterocycles. The summed E-state index contributed by atoms with van der Waals surface area (Å²) < 4.78 is 0.982. The number of halogens is 2. The maximum atomic E-state index is 11.6. The van der Waals surface area contributed by atoms with Crippen molar-refractivity contribution in [3.05, 3.63) is 33.3 Å². The number of amides is 1. The van der Waals surface area contributed by atoms with Crippen LogP contribution in [0.2, 0.25) is 5.02 Å². The first-order chi connectivity index (χ1) is 8.49. The molecule has 100 valence electrons. The normalized spacial score (nSPS) is 12.2. The third-order valence-corrected chi connectivity index (χ3v) is 3.56. The maximum absolute atomic E-state index is 11.6. The molecule has 3 nitrogen and oxygen atoms in total. The summed E-state index contributed by atoms with van der Waals surface area (Å²) in [5, 5.41) is 3.54.